The third kappa shape index (κ3) is 5.73. The summed E-state index contributed by atoms with van der Waals surface area (Å²) < 4.78 is 11.4. The minimum Gasteiger partial charge on any atom is -0.493 e. The Labute approximate surface area is 181 Å². The second-order valence-electron chi connectivity index (χ2n) is 6.86. The number of aryl methyl sites for hydroxylation is 1. The number of carbonyl (C=O) groups excluding carboxylic acids is 2. The maximum atomic E-state index is 12.3. The molecule has 3 N–H and O–H groups in total. The minimum absolute atomic E-state index is 0.251. The summed E-state index contributed by atoms with van der Waals surface area (Å²) in [4.78, 5) is 23.7. The zero-order valence-electron chi connectivity index (χ0n) is 17.4. The van der Waals surface area contributed by atoms with E-state index in [1.54, 1.807) is 49.6 Å². The molecule has 3 aromatic carbocycles. The molecule has 0 atom stereocenters. The highest BCUT2D eigenvalue weighted by atomic mass is 16.5. The highest BCUT2D eigenvalue weighted by Gasteiger charge is 2.09. The molecule has 0 aliphatic heterocycles. The molecule has 0 aliphatic carbocycles. The Morgan fingerprint density at radius 2 is 1.74 bits per heavy atom. The van der Waals surface area contributed by atoms with Crippen LogP contribution in [0, 0.1) is 6.92 Å². The van der Waals surface area contributed by atoms with Crippen LogP contribution in [0.25, 0.3) is 6.08 Å². The molecule has 0 aliphatic rings. The lowest BCUT2D eigenvalue weighted by atomic mass is 10.1. The van der Waals surface area contributed by atoms with Crippen LogP contribution < -0.4 is 20.5 Å². The number of hydrogen-bond acceptors (Lipinski definition) is 4. The van der Waals surface area contributed by atoms with E-state index in [1.165, 1.54) is 6.08 Å². The Balaban J connectivity index is 1.68. The summed E-state index contributed by atoms with van der Waals surface area (Å²) in [6, 6.07) is 20.0. The zero-order chi connectivity index (χ0) is 22.2. The van der Waals surface area contributed by atoms with Crippen molar-refractivity contribution in [3.63, 3.8) is 0 Å². The molecule has 0 saturated heterocycles. The van der Waals surface area contributed by atoms with Crippen LogP contribution in [0.5, 0.6) is 11.5 Å². The molecule has 31 heavy (non-hydrogen) atoms. The second kappa shape index (κ2) is 10.1. The summed E-state index contributed by atoms with van der Waals surface area (Å²) >= 11 is 0. The number of amides is 2. The van der Waals surface area contributed by atoms with Crippen molar-refractivity contribution < 1.29 is 19.1 Å². The Morgan fingerprint density at radius 3 is 2.48 bits per heavy atom. The summed E-state index contributed by atoms with van der Waals surface area (Å²) in [5.41, 5.74) is 8.97. The van der Waals surface area contributed by atoms with Gasteiger partial charge in [0.2, 0.25) is 5.91 Å². The predicted molar refractivity (Wildman–Crippen MR) is 121 cm³/mol. The van der Waals surface area contributed by atoms with E-state index in [2.05, 4.69) is 5.32 Å². The molecule has 6 heteroatoms. The van der Waals surface area contributed by atoms with Gasteiger partial charge in [0.05, 0.1) is 18.4 Å². The number of primary amides is 1. The van der Waals surface area contributed by atoms with Crippen molar-refractivity contribution in [3.05, 3.63) is 95.1 Å². The largest absolute Gasteiger partial charge is 0.493 e. The molecule has 0 saturated carbocycles. The molecule has 0 radical (unpaired) electrons. The van der Waals surface area contributed by atoms with Crippen LogP contribution in [0.1, 0.15) is 27.0 Å². The Morgan fingerprint density at radius 1 is 1.00 bits per heavy atom. The molecular formula is C25H24N2O4. The maximum absolute atomic E-state index is 12.3. The monoisotopic (exact) mass is 416 g/mol. The second-order valence-corrected chi connectivity index (χ2v) is 6.86. The van der Waals surface area contributed by atoms with Crippen LogP contribution in [0.4, 0.5) is 5.69 Å². The van der Waals surface area contributed by atoms with Gasteiger partial charge in [0.25, 0.3) is 5.91 Å². The van der Waals surface area contributed by atoms with Crippen LogP contribution in [0.3, 0.4) is 0 Å². The lowest BCUT2D eigenvalue weighted by Crippen LogP contribution is -2.16. The van der Waals surface area contributed by atoms with Crippen molar-refractivity contribution in [2.24, 2.45) is 5.73 Å². The predicted octanol–water partition coefficient (Wildman–Crippen LogP) is 4.33. The van der Waals surface area contributed by atoms with E-state index in [1.807, 2.05) is 37.3 Å². The third-order valence-corrected chi connectivity index (χ3v) is 4.71. The van der Waals surface area contributed by atoms with E-state index in [9.17, 15) is 9.59 Å². The molecule has 0 aromatic heterocycles. The van der Waals surface area contributed by atoms with E-state index >= 15 is 0 Å². The van der Waals surface area contributed by atoms with E-state index < -0.39 is 5.91 Å². The van der Waals surface area contributed by atoms with Crippen molar-refractivity contribution in [1.29, 1.82) is 0 Å². The zero-order valence-corrected chi connectivity index (χ0v) is 17.4. The van der Waals surface area contributed by atoms with Gasteiger partial charge >= 0.3 is 0 Å². The highest BCUT2D eigenvalue weighted by Crippen LogP contribution is 2.29. The first-order chi connectivity index (χ1) is 15.0. The smallest absolute Gasteiger partial charge is 0.250 e. The van der Waals surface area contributed by atoms with Gasteiger partial charge < -0.3 is 20.5 Å². The number of anilines is 1. The van der Waals surface area contributed by atoms with Crippen LogP contribution in [-0.4, -0.2) is 18.9 Å². The molecule has 158 valence electrons. The summed E-state index contributed by atoms with van der Waals surface area (Å²) in [6.45, 7) is 2.47. The molecule has 2 amide bonds. The third-order valence-electron chi connectivity index (χ3n) is 4.71. The van der Waals surface area contributed by atoms with Gasteiger partial charge in [0, 0.05) is 6.08 Å². The first-order valence-electron chi connectivity index (χ1n) is 9.71. The lowest BCUT2D eigenvalue weighted by Gasteiger charge is -2.12. The van der Waals surface area contributed by atoms with Gasteiger partial charge in [-0.3, -0.25) is 9.59 Å². The molecule has 6 nitrogen and oxygen atoms in total. The molecule has 0 spiro atoms. The first-order valence-corrected chi connectivity index (χ1v) is 9.71. The van der Waals surface area contributed by atoms with Gasteiger partial charge in [0.15, 0.2) is 11.5 Å². The molecule has 0 bridgehead atoms. The number of methoxy groups -OCH3 is 1. The standard InChI is InChI=1S/C25H24N2O4/c1-17-7-3-4-8-19(17)16-31-22-13-11-18(15-23(22)30-2)12-14-24(28)27-21-10-6-5-9-20(21)25(26)29/h3-15H,16H2,1-2H3,(H2,26,29)(H,27,28)/b14-12+. The Bertz CT molecular complexity index is 1120. The number of nitrogens with one attached hydrogen (secondary N) is 1. The van der Waals surface area contributed by atoms with Crippen LogP contribution >= 0.6 is 0 Å². The molecule has 3 rings (SSSR count). The van der Waals surface area contributed by atoms with Crippen molar-refractivity contribution >= 4 is 23.6 Å². The number of nitrogens with two attached hydrogens (primary N) is 1. The average molecular weight is 416 g/mol. The summed E-state index contributed by atoms with van der Waals surface area (Å²) in [5.74, 6) is 0.191. The summed E-state index contributed by atoms with van der Waals surface area (Å²) in [7, 11) is 1.57. The van der Waals surface area contributed by atoms with E-state index in [4.69, 9.17) is 15.2 Å². The van der Waals surface area contributed by atoms with Gasteiger partial charge in [-0.25, -0.2) is 0 Å². The number of rotatable bonds is 8. The normalized spacial score (nSPS) is 10.6. The van der Waals surface area contributed by atoms with Gasteiger partial charge in [0.1, 0.15) is 6.61 Å². The van der Waals surface area contributed by atoms with Gasteiger partial charge in [-0.1, -0.05) is 42.5 Å². The van der Waals surface area contributed by atoms with Gasteiger partial charge in [-0.15, -0.1) is 0 Å². The van der Waals surface area contributed by atoms with E-state index in [-0.39, 0.29) is 11.5 Å². The van der Waals surface area contributed by atoms with Gasteiger partial charge in [-0.2, -0.15) is 0 Å². The van der Waals surface area contributed by atoms with E-state index in [0.29, 0.717) is 23.8 Å². The first kappa shape index (κ1) is 21.6. The minimum atomic E-state index is -0.606. The average Bonchev–Trinajstić information content (AvgIpc) is 2.77. The number of carbonyl (C=O) groups is 2. The summed E-state index contributed by atoms with van der Waals surface area (Å²) in [6.07, 6.45) is 3.02. The molecule has 0 unspecified atom stereocenters. The van der Waals surface area contributed by atoms with Crippen molar-refractivity contribution in [3.8, 4) is 11.5 Å². The van der Waals surface area contributed by atoms with E-state index in [0.717, 1.165) is 16.7 Å². The number of para-hydroxylation sites is 1. The molecule has 0 heterocycles. The number of ether oxygens (including phenoxy) is 2. The topological polar surface area (TPSA) is 90.6 Å². The van der Waals surface area contributed by atoms with Crippen LogP contribution in [-0.2, 0) is 11.4 Å². The number of hydrogen-bond donors (Lipinski definition) is 2. The Kier molecular flexibility index (Phi) is 7.06. The molecule has 3 aromatic rings. The quantitative estimate of drug-likeness (QED) is 0.535. The lowest BCUT2D eigenvalue weighted by molar-refractivity contribution is -0.111. The van der Waals surface area contributed by atoms with Gasteiger partial charge in [-0.05, 0) is 54.0 Å². The fourth-order valence-electron chi connectivity index (χ4n) is 2.99. The molecule has 0 fully saturated rings. The van der Waals surface area contributed by atoms with Crippen LogP contribution in [0.15, 0.2) is 72.8 Å². The number of benzene rings is 3. The fourth-order valence-corrected chi connectivity index (χ4v) is 2.99. The fraction of sp³-hybridized carbons (Fsp3) is 0.120. The maximum Gasteiger partial charge on any atom is 0.250 e. The molecular weight excluding hydrogens is 392 g/mol. The van der Waals surface area contributed by atoms with Crippen LogP contribution in [0.2, 0.25) is 0 Å². The SMILES string of the molecule is COc1cc(/C=C/C(=O)Nc2ccccc2C(N)=O)ccc1OCc1ccccc1C. The Hall–Kier alpha value is -4.06. The van der Waals surface area contributed by atoms with Crippen molar-refractivity contribution in [2.45, 2.75) is 13.5 Å². The highest BCUT2D eigenvalue weighted by molar-refractivity contribution is 6.07. The summed E-state index contributed by atoms with van der Waals surface area (Å²) in [5, 5.41) is 2.66. The van der Waals surface area contributed by atoms with Crippen molar-refractivity contribution in [1.82, 2.24) is 0 Å². The van der Waals surface area contributed by atoms with Crippen molar-refractivity contribution in [2.75, 3.05) is 12.4 Å².